The van der Waals surface area contributed by atoms with Crippen LogP contribution >= 0.6 is 0 Å². The number of carbonyl (C=O) groups is 2. The lowest BCUT2D eigenvalue weighted by Gasteiger charge is -2.22. The molecule has 0 aromatic carbocycles. The van der Waals surface area contributed by atoms with E-state index in [1.54, 1.807) is 0 Å². The van der Waals surface area contributed by atoms with Crippen LogP contribution in [0.2, 0.25) is 0 Å². The Morgan fingerprint density at radius 3 is 1.11 bits per heavy atom. The number of hydrogen-bond acceptors (Lipinski definition) is 5. The fourth-order valence-electron chi connectivity index (χ4n) is 9.80. The molecule has 0 bridgehead atoms. The third-order valence-electron chi connectivity index (χ3n) is 14.7. The first-order valence-corrected chi connectivity index (χ1v) is 31.7. The van der Waals surface area contributed by atoms with Gasteiger partial charge in [0, 0.05) is 12.8 Å². The number of ether oxygens (including phenoxy) is 1. The fourth-order valence-corrected chi connectivity index (χ4v) is 9.80. The number of unbranched alkanes of at least 4 members (excludes halogenated alkanes) is 42. The zero-order valence-electron chi connectivity index (χ0n) is 47.7. The third kappa shape index (κ3) is 57.2. The Bertz CT molecular complexity index is 1150. The van der Waals surface area contributed by atoms with E-state index >= 15 is 0 Å². The molecule has 0 radical (unpaired) electrons. The molecule has 0 aliphatic carbocycles. The molecule has 0 heterocycles. The minimum atomic E-state index is -0.701. The second-order valence-corrected chi connectivity index (χ2v) is 21.7. The van der Waals surface area contributed by atoms with Gasteiger partial charge >= 0.3 is 5.97 Å². The zero-order chi connectivity index (χ0) is 51.4. The van der Waals surface area contributed by atoms with Crippen molar-refractivity contribution < 1.29 is 24.5 Å². The van der Waals surface area contributed by atoms with E-state index in [0.717, 1.165) is 51.4 Å². The molecule has 0 spiro atoms. The van der Waals surface area contributed by atoms with Crippen LogP contribution in [-0.4, -0.2) is 47.4 Å². The average molecular weight is 999 g/mol. The number of amides is 1. The van der Waals surface area contributed by atoms with Gasteiger partial charge in [-0.05, 0) is 70.6 Å². The number of nitrogens with one attached hydrogen (secondary N) is 1. The van der Waals surface area contributed by atoms with Crippen LogP contribution in [0.4, 0.5) is 0 Å². The molecule has 0 rings (SSSR count). The van der Waals surface area contributed by atoms with Crippen LogP contribution in [0.3, 0.4) is 0 Å². The SMILES string of the molecule is CCCCCCCCC/C=C\CCCCCCCC(=O)OCCCCCCCC/C=C\C/C=C\CCC(=O)NC(CO)C(O)CCCCCCCCCCCCCCCCCCCCCCCCCCC. The van der Waals surface area contributed by atoms with Crippen molar-refractivity contribution in [3.63, 3.8) is 0 Å². The van der Waals surface area contributed by atoms with Gasteiger partial charge in [0.1, 0.15) is 0 Å². The predicted molar refractivity (Wildman–Crippen MR) is 310 cm³/mol. The Hall–Kier alpha value is -1.92. The van der Waals surface area contributed by atoms with E-state index < -0.39 is 12.1 Å². The van der Waals surface area contributed by atoms with Crippen LogP contribution in [0, 0.1) is 0 Å². The molecule has 71 heavy (non-hydrogen) atoms. The zero-order valence-corrected chi connectivity index (χ0v) is 47.7. The van der Waals surface area contributed by atoms with Gasteiger partial charge in [0.15, 0.2) is 0 Å². The van der Waals surface area contributed by atoms with Gasteiger partial charge in [-0.2, -0.15) is 0 Å². The van der Waals surface area contributed by atoms with Crippen molar-refractivity contribution in [1.29, 1.82) is 0 Å². The molecule has 6 nitrogen and oxygen atoms in total. The molecule has 0 aromatic heterocycles. The second kappa shape index (κ2) is 60.6. The van der Waals surface area contributed by atoms with Crippen LogP contribution in [0.5, 0.6) is 0 Å². The van der Waals surface area contributed by atoms with Gasteiger partial charge in [-0.15, -0.1) is 0 Å². The Labute approximate surface area is 443 Å². The van der Waals surface area contributed by atoms with Gasteiger partial charge in [0.25, 0.3) is 0 Å². The van der Waals surface area contributed by atoms with Gasteiger partial charge < -0.3 is 20.3 Å². The van der Waals surface area contributed by atoms with E-state index in [2.05, 4.69) is 49.5 Å². The molecular weight excluding hydrogens is 875 g/mol. The highest BCUT2D eigenvalue weighted by Crippen LogP contribution is 2.18. The van der Waals surface area contributed by atoms with Gasteiger partial charge in [0.05, 0.1) is 25.4 Å². The largest absolute Gasteiger partial charge is 0.466 e. The molecule has 0 saturated carbocycles. The summed E-state index contributed by atoms with van der Waals surface area (Å²) in [4.78, 5) is 24.6. The van der Waals surface area contributed by atoms with Crippen LogP contribution < -0.4 is 5.32 Å². The number of rotatable bonds is 59. The highest BCUT2D eigenvalue weighted by Gasteiger charge is 2.20. The maximum Gasteiger partial charge on any atom is 0.305 e. The molecular formula is C65H123NO5. The summed E-state index contributed by atoms with van der Waals surface area (Å²) in [6.07, 6.45) is 76.0. The van der Waals surface area contributed by atoms with Gasteiger partial charge in [-0.3, -0.25) is 9.59 Å². The Balaban J connectivity index is 3.52. The van der Waals surface area contributed by atoms with Crippen molar-refractivity contribution in [2.45, 2.75) is 353 Å². The normalized spacial score (nSPS) is 12.8. The Morgan fingerprint density at radius 2 is 0.718 bits per heavy atom. The summed E-state index contributed by atoms with van der Waals surface area (Å²) < 4.78 is 5.46. The highest BCUT2D eigenvalue weighted by atomic mass is 16.5. The van der Waals surface area contributed by atoms with E-state index in [4.69, 9.17) is 4.74 Å². The number of aliphatic hydroxyl groups is 2. The third-order valence-corrected chi connectivity index (χ3v) is 14.7. The summed E-state index contributed by atoms with van der Waals surface area (Å²) in [6, 6.07) is -0.588. The average Bonchev–Trinajstić information content (AvgIpc) is 3.37. The molecule has 0 aliphatic rings. The Kier molecular flexibility index (Phi) is 59.0. The van der Waals surface area contributed by atoms with Crippen molar-refractivity contribution in [2.24, 2.45) is 0 Å². The first-order chi connectivity index (χ1) is 35.0. The van der Waals surface area contributed by atoms with E-state index in [0.29, 0.717) is 32.3 Å². The number of carbonyl (C=O) groups excluding carboxylic acids is 2. The summed E-state index contributed by atoms with van der Waals surface area (Å²) in [5, 5.41) is 23.3. The molecule has 418 valence electrons. The van der Waals surface area contributed by atoms with E-state index in [9.17, 15) is 19.8 Å². The molecule has 0 saturated heterocycles. The van der Waals surface area contributed by atoms with Crippen molar-refractivity contribution in [3.05, 3.63) is 36.5 Å². The standard InChI is InChI=1S/C65H123NO5/c1-3-5-7-9-11-13-15-17-19-21-22-23-24-25-26-27-28-29-30-33-37-41-45-49-53-57-63(68)62(61-67)66-64(69)58-54-50-46-42-38-34-32-36-40-44-48-52-56-60-71-65(70)59-55-51-47-43-39-35-31-20-18-16-14-12-10-8-6-4-2/h20,31,34,38,46,50,62-63,67-68H,3-19,21-30,32-33,35-37,39-45,47-49,51-61H2,1-2H3,(H,66,69)/b31-20-,38-34-,50-46-. The van der Waals surface area contributed by atoms with E-state index in [-0.39, 0.29) is 18.5 Å². The Morgan fingerprint density at radius 1 is 0.394 bits per heavy atom. The van der Waals surface area contributed by atoms with E-state index in [1.807, 2.05) is 6.08 Å². The van der Waals surface area contributed by atoms with Gasteiger partial charge in [-0.1, -0.05) is 294 Å². The summed E-state index contributed by atoms with van der Waals surface area (Å²) in [7, 11) is 0. The number of aliphatic hydroxyl groups excluding tert-OH is 2. The number of hydrogen-bond donors (Lipinski definition) is 3. The monoisotopic (exact) mass is 998 g/mol. The molecule has 6 heteroatoms. The van der Waals surface area contributed by atoms with Crippen LogP contribution in [-0.2, 0) is 14.3 Å². The topological polar surface area (TPSA) is 95.9 Å². The lowest BCUT2D eigenvalue weighted by Crippen LogP contribution is -2.45. The van der Waals surface area contributed by atoms with Crippen LogP contribution in [0.25, 0.3) is 0 Å². The number of esters is 1. The predicted octanol–water partition coefficient (Wildman–Crippen LogP) is 20.0. The molecule has 2 unspecified atom stereocenters. The van der Waals surface area contributed by atoms with Gasteiger partial charge in [0.2, 0.25) is 5.91 Å². The number of allylic oxidation sites excluding steroid dienone is 6. The van der Waals surface area contributed by atoms with Crippen LogP contribution in [0.15, 0.2) is 36.5 Å². The molecule has 1 amide bonds. The first-order valence-electron chi connectivity index (χ1n) is 31.7. The summed E-state index contributed by atoms with van der Waals surface area (Å²) >= 11 is 0. The smallest absolute Gasteiger partial charge is 0.305 e. The molecule has 0 fully saturated rings. The van der Waals surface area contributed by atoms with Crippen molar-refractivity contribution in [2.75, 3.05) is 13.2 Å². The van der Waals surface area contributed by atoms with Crippen molar-refractivity contribution in [3.8, 4) is 0 Å². The maximum absolute atomic E-state index is 12.5. The van der Waals surface area contributed by atoms with Gasteiger partial charge in [-0.25, -0.2) is 0 Å². The first kappa shape index (κ1) is 69.1. The van der Waals surface area contributed by atoms with Crippen molar-refractivity contribution >= 4 is 11.9 Å². The summed E-state index contributed by atoms with van der Waals surface area (Å²) in [5.74, 6) is -0.136. The highest BCUT2D eigenvalue weighted by molar-refractivity contribution is 5.76. The quantitative estimate of drug-likeness (QED) is 0.0321. The minimum Gasteiger partial charge on any atom is -0.466 e. The summed E-state index contributed by atoms with van der Waals surface area (Å²) in [5.41, 5.74) is 0. The fraction of sp³-hybridized carbons (Fsp3) is 0.877. The molecule has 0 aromatic rings. The van der Waals surface area contributed by atoms with Crippen molar-refractivity contribution in [1.82, 2.24) is 5.32 Å². The minimum absolute atomic E-state index is 0.0236. The molecule has 3 N–H and O–H groups in total. The summed E-state index contributed by atoms with van der Waals surface area (Å²) in [6.45, 7) is 4.91. The molecule has 0 aliphatic heterocycles. The lowest BCUT2D eigenvalue weighted by atomic mass is 10.0. The molecule has 2 atom stereocenters. The second-order valence-electron chi connectivity index (χ2n) is 21.7. The maximum atomic E-state index is 12.5. The van der Waals surface area contributed by atoms with E-state index in [1.165, 1.54) is 250 Å². The van der Waals surface area contributed by atoms with Crippen LogP contribution in [0.1, 0.15) is 341 Å². The lowest BCUT2D eigenvalue weighted by molar-refractivity contribution is -0.143.